The van der Waals surface area contributed by atoms with Crippen molar-refractivity contribution < 1.29 is 4.74 Å². The monoisotopic (exact) mass is 451 g/mol. The van der Waals surface area contributed by atoms with Gasteiger partial charge in [-0.2, -0.15) is 0 Å². The predicted molar refractivity (Wildman–Crippen MR) is 128 cm³/mol. The topological polar surface area (TPSA) is 96.9 Å². The molecule has 1 aromatic carbocycles. The van der Waals surface area contributed by atoms with Crippen molar-refractivity contribution in [2.24, 2.45) is 5.92 Å². The van der Waals surface area contributed by atoms with Crippen LogP contribution in [-0.4, -0.2) is 21.1 Å². The Balaban J connectivity index is 1.76. The van der Waals surface area contributed by atoms with Crippen LogP contribution in [0.15, 0.2) is 50.2 Å². The summed E-state index contributed by atoms with van der Waals surface area (Å²) in [6, 6.07) is 7.43. The van der Waals surface area contributed by atoms with Crippen LogP contribution in [0.5, 0.6) is 5.75 Å². The summed E-state index contributed by atoms with van der Waals surface area (Å²) in [4.78, 5) is 44.7. The summed E-state index contributed by atoms with van der Waals surface area (Å²) in [6.07, 6.45) is 1.48. The molecule has 0 aliphatic carbocycles. The molecule has 0 fully saturated rings. The van der Waals surface area contributed by atoms with Crippen LogP contribution in [-0.2, 0) is 6.54 Å². The number of nitrogens with zero attached hydrogens (tertiary/aromatic N) is 1. The zero-order valence-corrected chi connectivity index (χ0v) is 19.3. The van der Waals surface area contributed by atoms with Crippen molar-refractivity contribution in [3.05, 3.63) is 83.7 Å². The summed E-state index contributed by atoms with van der Waals surface area (Å²) < 4.78 is 6.62. The minimum atomic E-state index is -0.516. The number of thiophene rings is 1. The highest BCUT2D eigenvalue weighted by Crippen LogP contribution is 2.32. The van der Waals surface area contributed by atoms with E-state index in [0.717, 1.165) is 26.8 Å². The van der Waals surface area contributed by atoms with Crippen molar-refractivity contribution in [2.75, 3.05) is 6.61 Å². The highest BCUT2D eigenvalue weighted by Gasteiger charge is 2.17. The fourth-order valence-corrected chi connectivity index (χ4v) is 4.58. The number of H-pyrrole nitrogens is 2. The smallest absolute Gasteiger partial charge is 0.329 e. The molecule has 4 rings (SSSR count). The van der Waals surface area contributed by atoms with Crippen LogP contribution in [0.3, 0.4) is 0 Å². The lowest BCUT2D eigenvalue weighted by Gasteiger charge is -2.10. The Hall–Kier alpha value is -3.39. The van der Waals surface area contributed by atoms with Crippen LogP contribution in [0, 0.1) is 19.8 Å². The molecule has 7 nitrogen and oxygen atoms in total. The molecule has 0 atom stereocenters. The molecule has 32 heavy (non-hydrogen) atoms. The van der Waals surface area contributed by atoms with Crippen molar-refractivity contribution in [1.29, 1.82) is 0 Å². The van der Waals surface area contributed by atoms with Gasteiger partial charge in [0.05, 0.1) is 18.5 Å². The number of nitrogens with one attached hydrogen (secondary N) is 2. The molecule has 0 spiro atoms. The Bertz CT molecular complexity index is 1470. The summed E-state index contributed by atoms with van der Waals surface area (Å²) in [5.41, 5.74) is 3.20. The summed E-state index contributed by atoms with van der Waals surface area (Å²) in [5, 5.41) is 2.37. The van der Waals surface area contributed by atoms with Crippen LogP contribution in [0.2, 0.25) is 0 Å². The summed E-state index contributed by atoms with van der Waals surface area (Å²) >= 11 is 1.33. The zero-order chi connectivity index (χ0) is 23.0. The van der Waals surface area contributed by atoms with E-state index in [2.05, 4.69) is 16.0 Å². The van der Waals surface area contributed by atoms with E-state index in [0.29, 0.717) is 22.5 Å². The summed E-state index contributed by atoms with van der Waals surface area (Å²) in [5.74, 6) is 0.504. The van der Waals surface area contributed by atoms with Gasteiger partial charge in [-0.1, -0.05) is 37.6 Å². The van der Waals surface area contributed by atoms with Gasteiger partial charge in [-0.3, -0.25) is 19.1 Å². The average molecular weight is 452 g/mol. The lowest BCUT2D eigenvalue weighted by atomic mass is 9.99. The third-order valence-electron chi connectivity index (χ3n) is 5.23. The molecule has 166 valence electrons. The summed E-state index contributed by atoms with van der Waals surface area (Å²) in [7, 11) is 0. The Morgan fingerprint density at radius 2 is 1.88 bits per heavy atom. The Kier molecular flexibility index (Phi) is 5.88. The third-order valence-corrected chi connectivity index (χ3v) is 6.12. The van der Waals surface area contributed by atoms with Crippen molar-refractivity contribution in [3.63, 3.8) is 0 Å². The molecule has 0 radical (unpaired) electrons. The van der Waals surface area contributed by atoms with Gasteiger partial charge in [0.1, 0.15) is 4.83 Å². The molecular weight excluding hydrogens is 426 g/mol. The van der Waals surface area contributed by atoms with Gasteiger partial charge in [-0.05, 0) is 30.9 Å². The number of aromatic nitrogens is 3. The Labute approximate surface area is 188 Å². The fraction of sp³-hybridized carbons (Fsp3) is 0.292. The first-order valence-electron chi connectivity index (χ1n) is 10.4. The fourth-order valence-electron chi connectivity index (χ4n) is 3.64. The van der Waals surface area contributed by atoms with E-state index < -0.39 is 5.69 Å². The van der Waals surface area contributed by atoms with Gasteiger partial charge >= 0.3 is 5.69 Å². The molecule has 3 aromatic heterocycles. The number of ether oxygens (including phenoxy) is 1. The number of fused-ring (bicyclic) bond motifs is 1. The van der Waals surface area contributed by atoms with Crippen molar-refractivity contribution in [2.45, 2.75) is 34.2 Å². The van der Waals surface area contributed by atoms with Crippen LogP contribution < -0.4 is 21.4 Å². The van der Waals surface area contributed by atoms with E-state index in [1.165, 1.54) is 23.6 Å². The van der Waals surface area contributed by atoms with E-state index in [1.54, 1.807) is 0 Å². The molecule has 0 saturated carbocycles. The van der Waals surface area contributed by atoms with Gasteiger partial charge in [0.15, 0.2) is 5.75 Å². The molecule has 0 aliphatic heterocycles. The number of hydrogen-bond donors (Lipinski definition) is 2. The average Bonchev–Trinajstić information content (AvgIpc) is 3.14. The maximum Gasteiger partial charge on any atom is 0.329 e. The number of aryl methyl sites for hydroxylation is 2. The predicted octanol–water partition coefficient (Wildman–Crippen LogP) is 3.81. The molecule has 0 saturated heterocycles. The van der Waals surface area contributed by atoms with Gasteiger partial charge < -0.3 is 9.72 Å². The minimum absolute atomic E-state index is 0.0496. The van der Waals surface area contributed by atoms with Crippen molar-refractivity contribution in [3.8, 4) is 16.9 Å². The van der Waals surface area contributed by atoms with E-state index in [4.69, 9.17) is 4.74 Å². The van der Waals surface area contributed by atoms with Crippen molar-refractivity contribution >= 4 is 21.6 Å². The molecule has 0 bridgehead atoms. The Morgan fingerprint density at radius 1 is 1.09 bits per heavy atom. The lowest BCUT2D eigenvalue weighted by Crippen LogP contribution is -2.35. The van der Waals surface area contributed by atoms with E-state index in [9.17, 15) is 14.4 Å². The third kappa shape index (κ3) is 4.18. The van der Waals surface area contributed by atoms with Crippen molar-refractivity contribution in [1.82, 2.24) is 14.5 Å². The molecule has 8 heteroatoms. The second-order valence-electron chi connectivity index (χ2n) is 8.38. The second kappa shape index (κ2) is 8.63. The van der Waals surface area contributed by atoms with E-state index in [1.807, 2.05) is 45.2 Å². The highest BCUT2D eigenvalue weighted by molar-refractivity contribution is 7.17. The molecule has 3 heterocycles. The number of aromatic amines is 2. The second-order valence-corrected chi connectivity index (χ2v) is 9.26. The first-order chi connectivity index (χ1) is 15.2. The largest absolute Gasteiger partial charge is 0.488 e. The quantitative estimate of drug-likeness (QED) is 0.466. The number of benzene rings is 1. The number of rotatable bonds is 6. The number of pyridine rings is 1. The van der Waals surface area contributed by atoms with Crippen LogP contribution >= 0.6 is 11.3 Å². The van der Waals surface area contributed by atoms with Gasteiger partial charge in [-0.25, -0.2) is 4.79 Å². The standard InChI is InChI=1S/C24H25N3O4S/c1-13(2)11-31-20-9-25-16(8-19(20)28)10-27-23(29)21-18(12-32-22(21)26-24(27)30)17-6-5-14(3)7-15(17)4/h5-9,12-13H,10-11H2,1-4H3,(H,25,28)(H,26,30). The maximum absolute atomic E-state index is 13.3. The molecule has 4 aromatic rings. The molecular formula is C24H25N3O4S. The van der Waals surface area contributed by atoms with E-state index >= 15 is 0 Å². The van der Waals surface area contributed by atoms with Crippen LogP contribution in [0.25, 0.3) is 21.3 Å². The van der Waals surface area contributed by atoms with Crippen LogP contribution in [0.4, 0.5) is 0 Å². The Morgan fingerprint density at radius 3 is 2.56 bits per heavy atom. The maximum atomic E-state index is 13.3. The van der Waals surface area contributed by atoms with Gasteiger partial charge in [0, 0.05) is 28.9 Å². The first-order valence-corrected chi connectivity index (χ1v) is 11.3. The molecule has 0 amide bonds. The summed E-state index contributed by atoms with van der Waals surface area (Å²) in [6.45, 7) is 8.39. The SMILES string of the molecule is Cc1ccc(-c2csc3[nH]c(=O)n(Cc4cc(=O)c(OCC(C)C)c[nH]4)c(=O)c23)c(C)c1. The molecule has 0 unspecified atom stereocenters. The molecule has 0 aliphatic rings. The van der Waals surface area contributed by atoms with Gasteiger partial charge in [-0.15, -0.1) is 11.3 Å². The minimum Gasteiger partial charge on any atom is -0.488 e. The first kappa shape index (κ1) is 21.8. The zero-order valence-electron chi connectivity index (χ0n) is 18.4. The van der Waals surface area contributed by atoms with Gasteiger partial charge in [0.25, 0.3) is 5.56 Å². The van der Waals surface area contributed by atoms with Crippen LogP contribution in [0.1, 0.15) is 30.7 Å². The lowest BCUT2D eigenvalue weighted by molar-refractivity contribution is 0.267. The molecule has 2 N–H and O–H groups in total. The number of hydrogen-bond acceptors (Lipinski definition) is 5. The normalized spacial score (nSPS) is 11.4. The van der Waals surface area contributed by atoms with Gasteiger partial charge in [0.2, 0.25) is 5.43 Å². The van der Waals surface area contributed by atoms with E-state index in [-0.39, 0.29) is 29.2 Å². The highest BCUT2D eigenvalue weighted by atomic mass is 32.1.